The van der Waals surface area contributed by atoms with Gasteiger partial charge in [-0.25, -0.2) is 9.59 Å². The van der Waals surface area contributed by atoms with Gasteiger partial charge in [-0.05, 0) is 26.0 Å². The van der Waals surface area contributed by atoms with Crippen molar-refractivity contribution in [2.24, 2.45) is 0 Å². The van der Waals surface area contributed by atoms with Crippen molar-refractivity contribution in [3.63, 3.8) is 0 Å². The van der Waals surface area contributed by atoms with Crippen molar-refractivity contribution in [2.45, 2.75) is 19.8 Å². The maximum atomic E-state index is 11.7. The van der Waals surface area contributed by atoms with Gasteiger partial charge in [-0.3, -0.25) is 0 Å². The first-order valence-corrected chi connectivity index (χ1v) is 6.91. The number of nitrogens with one attached hydrogen (secondary N) is 1. The van der Waals surface area contributed by atoms with Crippen LogP contribution in [0.25, 0.3) is 10.9 Å². The number of allylic oxidation sites excluding steroid dienone is 2. The van der Waals surface area contributed by atoms with Crippen LogP contribution < -0.4 is 5.32 Å². The first kappa shape index (κ1) is 14.8. The molecule has 0 fully saturated rings. The second-order valence-corrected chi connectivity index (χ2v) is 5.31. The Morgan fingerprint density at radius 1 is 1.09 bits per heavy atom. The molecule has 0 radical (unpaired) electrons. The second kappa shape index (κ2) is 5.28. The van der Waals surface area contributed by atoms with Crippen LogP contribution >= 0.6 is 0 Å². The minimum absolute atomic E-state index is 0.0603. The molecule has 2 aromatic rings. The summed E-state index contributed by atoms with van der Waals surface area (Å²) in [4.78, 5) is 23.4. The van der Waals surface area contributed by atoms with Crippen LogP contribution in [0.1, 0.15) is 25.5 Å². The minimum Gasteiger partial charge on any atom is -0.478 e. The lowest BCUT2D eigenvalue weighted by Crippen LogP contribution is -2.30. The molecule has 2 heterocycles. The number of nitrogens with zero attached hydrogens (tertiary/aromatic N) is 1. The van der Waals surface area contributed by atoms with Gasteiger partial charge >= 0.3 is 11.9 Å². The number of rotatable bonds is 3. The summed E-state index contributed by atoms with van der Waals surface area (Å²) in [5.74, 6) is -3.22. The van der Waals surface area contributed by atoms with Crippen molar-refractivity contribution in [1.82, 2.24) is 10.5 Å². The van der Waals surface area contributed by atoms with E-state index in [1.165, 1.54) is 0 Å². The molecule has 3 N–H and O–H groups in total. The molecule has 0 bridgehead atoms. The quantitative estimate of drug-likeness (QED) is 0.796. The summed E-state index contributed by atoms with van der Waals surface area (Å²) in [6.07, 6.45) is 0. The first-order chi connectivity index (χ1) is 10.9. The largest absolute Gasteiger partial charge is 0.478 e. The molecule has 7 nitrogen and oxygen atoms in total. The number of hydrogen-bond donors (Lipinski definition) is 3. The number of aromatic nitrogens is 1. The Labute approximate surface area is 130 Å². The summed E-state index contributed by atoms with van der Waals surface area (Å²) >= 11 is 0. The molecule has 0 saturated carbocycles. The van der Waals surface area contributed by atoms with Crippen LogP contribution in [0.3, 0.4) is 0 Å². The van der Waals surface area contributed by atoms with Crippen LogP contribution in [0.5, 0.6) is 0 Å². The Balaban J connectivity index is 2.31. The molecule has 1 aliphatic rings. The molecule has 0 amide bonds. The molecule has 1 aliphatic heterocycles. The van der Waals surface area contributed by atoms with Crippen LogP contribution in [0.2, 0.25) is 0 Å². The third kappa shape index (κ3) is 2.26. The zero-order valence-corrected chi connectivity index (χ0v) is 12.5. The van der Waals surface area contributed by atoms with E-state index in [1.807, 2.05) is 0 Å². The number of carboxylic acids is 2. The third-order valence-electron chi connectivity index (χ3n) is 3.90. The van der Waals surface area contributed by atoms with Crippen LogP contribution in [0, 0.1) is 0 Å². The minimum atomic E-state index is -1.20. The topological polar surface area (TPSA) is 113 Å². The number of carboxylic acid groups (broad SMARTS) is 2. The van der Waals surface area contributed by atoms with Gasteiger partial charge in [-0.15, -0.1) is 0 Å². The first-order valence-electron chi connectivity index (χ1n) is 6.91. The van der Waals surface area contributed by atoms with E-state index in [-0.39, 0.29) is 16.9 Å². The van der Waals surface area contributed by atoms with Gasteiger partial charge in [-0.1, -0.05) is 17.3 Å². The predicted molar refractivity (Wildman–Crippen MR) is 80.6 cm³/mol. The summed E-state index contributed by atoms with van der Waals surface area (Å²) in [5.41, 5.74) is 1.19. The van der Waals surface area contributed by atoms with Crippen LogP contribution in [-0.4, -0.2) is 27.3 Å². The van der Waals surface area contributed by atoms with E-state index in [0.717, 1.165) is 0 Å². The van der Waals surface area contributed by atoms with Gasteiger partial charge in [-0.2, -0.15) is 0 Å². The lowest BCUT2D eigenvalue weighted by molar-refractivity contribution is -0.133. The van der Waals surface area contributed by atoms with Crippen LogP contribution in [0.4, 0.5) is 0 Å². The second-order valence-electron chi connectivity index (χ2n) is 5.31. The monoisotopic (exact) mass is 314 g/mol. The van der Waals surface area contributed by atoms with Crippen molar-refractivity contribution in [3.05, 3.63) is 52.6 Å². The van der Waals surface area contributed by atoms with E-state index >= 15 is 0 Å². The smallest absolute Gasteiger partial charge is 0.334 e. The Bertz CT molecular complexity index is 855. The molecule has 0 saturated heterocycles. The average Bonchev–Trinajstić information content (AvgIpc) is 2.89. The number of fused-ring (bicyclic) bond motifs is 1. The summed E-state index contributed by atoms with van der Waals surface area (Å²) in [7, 11) is 0. The van der Waals surface area contributed by atoms with Crippen molar-refractivity contribution < 1.29 is 24.3 Å². The highest BCUT2D eigenvalue weighted by Gasteiger charge is 2.39. The maximum Gasteiger partial charge on any atom is 0.334 e. The van der Waals surface area contributed by atoms with E-state index in [9.17, 15) is 19.8 Å². The van der Waals surface area contributed by atoms with E-state index in [0.29, 0.717) is 22.3 Å². The highest BCUT2D eigenvalue weighted by molar-refractivity contribution is 5.99. The van der Waals surface area contributed by atoms with Gasteiger partial charge in [0, 0.05) is 16.8 Å². The number of hydrogen-bond acceptors (Lipinski definition) is 5. The van der Waals surface area contributed by atoms with Gasteiger partial charge in [0.25, 0.3) is 0 Å². The molecule has 7 heteroatoms. The highest BCUT2D eigenvalue weighted by atomic mass is 16.5. The fraction of sp³-hybridized carbons (Fsp3) is 0.188. The summed E-state index contributed by atoms with van der Waals surface area (Å²) in [6.45, 7) is 3.19. The Hall–Kier alpha value is -3.09. The van der Waals surface area contributed by atoms with Crippen molar-refractivity contribution in [2.75, 3.05) is 0 Å². The van der Waals surface area contributed by atoms with Crippen molar-refractivity contribution in [3.8, 4) is 0 Å². The lowest BCUT2D eigenvalue weighted by Gasteiger charge is -2.26. The predicted octanol–water partition coefficient (Wildman–Crippen LogP) is 2.23. The number of dihydropyridines is 1. The molecule has 118 valence electrons. The van der Waals surface area contributed by atoms with Gasteiger partial charge in [0.2, 0.25) is 0 Å². The Kier molecular flexibility index (Phi) is 3.40. The van der Waals surface area contributed by atoms with Crippen LogP contribution in [-0.2, 0) is 9.59 Å². The van der Waals surface area contributed by atoms with Gasteiger partial charge in [0.05, 0.1) is 17.1 Å². The molecule has 23 heavy (non-hydrogen) atoms. The molecule has 0 unspecified atom stereocenters. The number of carbonyl (C=O) groups is 2. The average molecular weight is 314 g/mol. The molecule has 0 aliphatic carbocycles. The fourth-order valence-electron chi connectivity index (χ4n) is 2.94. The van der Waals surface area contributed by atoms with E-state index in [1.54, 1.807) is 38.1 Å². The summed E-state index contributed by atoms with van der Waals surface area (Å²) < 4.78 is 5.34. The third-order valence-corrected chi connectivity index (χ3v) is 3.90. The SMILES string of the molecule is CC1=C(C(=O)O)C(c2onc3ccccc23)C(C(=O)O)=C(C)N1. The van der Waals surface area contributed by atoms with E-state index in [2.05, 4.69) is 10.5 Å². The Morgan fingerprint density at radius 2 is 1.65 bits per heavy atom. The highest BCUT2D eigenvalue weighted by Crippen LogP contribution is 2.40. The normalized spacial score (nSPS) is 15.9. The van der Waals surface area contributed by atoms with Crippen LogP contribution in [0.15, 0.2) is 51.3 Å². The van der Waals surface area contributed by atoms with E-state index in [4.69, 9.17) is 4.52 Å². The molecule has 1 aromatic heterocycles. The zero-order chi connectivity index (χ0) is 16.7. The zero-order valence-electron chi connectivity index (χ0n) is 12.5. The standard InChI is InChI=1S/C16H14N2O5/c1-7-11(15(19)20)13(12(16(21)22)8(2)17-7)14-9-5-3-4-6-10(9)18-23-14/h3-6,13,17H,1-2H3,(H,19,20)(H,21,22). The summed E-state index contributed by atoms with van der Waals surface area (Å²) in [6, 6.07) is 6.98. The van der Waals surface area contributed by atoms with Crippen molar-refractivity contribution in [1.29, 1.82) is 0 Å². The molecule has 0 spiro atoms. The molecule has 3 rings (SSSR count). The number of benzene rings is 1. The van der Waals surface area contributed by atoms with Gasteiger partial charge < -0.3 is 20.1 Å². The van der Waals surface area contributed by atoms with E-state index < -0.39 is 17.9 Å². The summed E-state index contributed by atoms with van der Waals surface area (Å²) in [5, 5.41) is 26.4. The van der Waals surface area contributed by atoms with Crippen molar-refractivity contribution >= 4 is 22.8 Å². The number of aliphatic carboxylic acids is 2. The van der Waals surface area contributed by atoms with Gasteiger partial charge in [0.15, 0.2) is 5.76 Å². The maximum absolute atomic E-state index is 11.7. The molecular weight excluding hydrogens is 300 g/mol. The molecule has 0 atom stereocenters. The lowest BCUT2D eigenvalue weighted by atomic mass is 9.82. The molecular formula is C16H14N2O5. The Morgan fingerprint density at radius 3 is 2.22 bits per heavy atom. The van der Waals surface area contributed by atoms with Gasteiger partial charge in [0.1, 0.15) is 5.52 Å². The molecule has 1 aromatic carbocycles. The fourth-order valence-corrected chi connectivity index (χ4v) is 2.94.